The van der Waals surface area contributed by atoms with Gasteiger partial charge in [0.05, 0.1) is 31.8 Å². The molecule has 2 N–H and O–H groups in total. The van der Waals surface area contributed by atoms with Crippen LogP contribution in [0.15, 0.2) is 91.0 Å². The number of fused-ring (bicyclic) bond motifs is 5. The standard InChI is InChI=1S/C20H30N2O5S.C20H32N2O3S.C18H26N2O5S.C12H15NO3.C11H13NO3/c1-7-25-17(23)11-12-22(14(2)3)28-21(6)19(24)26-16-10-8-9-15-13-20(4,5)27-18(15)16;1-6-8-13-22(14-9-7-2)26-21(5)19(23)24-17-12-10-11-16-15-20(3,4)25-18(16)17;1-6-7-11-23-16(21)19(4)26-20(5)17(22)24-14-10-8-9-13-12-18(2,3)25-15(13)14;1-12(2)7-8-5-4-6-9(10(8)16-12)15-11(14)13-3;1-7-6-8-4-3-5-9(10(8)14-7)15-11(13)12-2/h8-10,14H,7,11-13H2,1-6H3;10-12H,6-9,13-15H2,1-5H3;8-10H,6-7,11-12H2,1-5H3;4-6H,7H2,1-3H3,(H,13,14);3-5,7H,6H2,1-2H3,(H,12,13). The lowest BCUT2D eigenvalue weighted by Crippen LogP contribution is -2.34. The molecule has 5 aromatic rings. The monoisotopic (exact) mass is 1600 g/mol. The second kappa shape index (κ2) is 42.7. The second-order valence-corrected chi connectivity index (χ2v) is 33.2. The molecular formula is C81H116N8O19S3. The van der Waals surface area contributed by atoms with Crippen molar-refractivity contribution >= 4 is 78.9 Å². The topological polar surface area (TPSA) is 274 Å². The maximum Gasteiger partial charge on any atom is 0.426 e. The number of ether oxygens (including phenoxy) is 12. The molecule has 10 rings (SSSR count). The van der Waals surface area contributed by atoms with Crippen molar-refractivity contribution in [3.05, 3.63) is 119 Å². The highest BCUT2D eigenvalue weighted by Gasteiger charge is 2.38. The van der Waals surface area contributed by atoms with Gasteiger partial charge in [0.25, 0.3) is 0 Å². The molecule has 5 aliphatic rings. The molecule has 0 aliphatic carbocycles. The van der Waals surface area contributed by atoms with Crippen LogP contribution in [0.2, 0.25) is 0 Å². The smallest absolute Gasteiger partial charge is 0.426 e. The van der Waals surface area contributed by atoms with Gasteiger partial charge in [0, 0.05) is 152 Å². The third-order valence-electron chi connectivity index (χ3n) is 16.9. The number of carbonyl (C=O) groups is 7. The van der Waals surface area contributed by atoms with Crippen LogP contribution in [0.5, 0.6) is 57.5 Å². The van der Waals surface area contributed by atoms with Crippen LogP contribution in [0.4, 0.5) is 28.8 Å². The number of unbranched alkanes of at least 4 members (excludes halogenated alkanes) is 3. The van der Waals surface area contributed by atoms with E-state index in [1.54, 1.807) is 55.7 Å². The fourth-order valence-corrected chi connectivity index (χ4v) is 13.9. The molecule has 30 heteroatoms. The SMILES string of the molecule is CCCCN(CCCC)SN(C)C(=O)Oc1cccc2c1OC(C)(C)C2.CCCCOC(=O)N(C)SN(C)C(=O)Oc1cccc2c1OC(C)(C)C2.CCOC(=O)CCN(SN(C)C(=O)Oc1cccc2c1OC(C)(C)C2)C(C)C.CNC(=O)Oc1cccc2c1OC(C)(C)C2.CNC(=O)Oc1cccc2c1OC(C)C2. The first-order valence-electron chi connectivity index (χ1n) is 37.7. The van der Waals surface area contributed by atoms with E-state index in [4.69, 9.17) is 56.8 Å². The number of nitrogens with one attached hydrogen (secondary N) is 2. The molecule has 0 saturated carbocycles. The van der Waals surface area contributed by atoms with Crippen molar-refractivity contribution in [2.75, 3.05) is 75.1 Å². The lowest BCUT2D eigenvalue weighted by atomic mass is 10.0. The number of amides is 6. The van der Waals surface area contributed by atoms with Gasteiger partial charge in [0.15, 0.2) is 57.5 Å². The van der Waals surface area contributed by atoms with Gasteiger partial charge in [-0.1, -0.05) is 101 Å². The predicted molar refractivity (Wildman–Crippen MR) is 432 cm³/mol. The van der Waals surface area contributed by atoms with Gasteiger partial charge >= 0.3 is 42.5 Å². The van der Waals surface area contributed by atoms with Crippen LogP contribution in [0, 0.1) is 0 Å². The average Bonchev–Trinajstić information content (AvgIpc) is 1.68. The minimum Gasteiger partial charge on any atom is -0.486 e. The van der Waals surface area contributed by atoms with Crippen molar-refractivity contribution in [1.82, 2.24) is 36.5 Å². The van der Waals surface area contributed by atoms with Gasteiger partial charge in [-0.2, -0.15) is 0 Å². The van der Waals surface area contributed by atoms with Crippen molar-refractivity contribution in [3.8, 4) is 57.5 Å². The van der Waals surface area contributed by atoms with E-state index < -0.39 is 30.5 Å². The molecule has 0 radical (unpaired) electrons. The van der Waals surface area contributed by atoms with Crippen molar-refractivity contribution in [2.45, 2.75) is 215 Å². The van der Waals surface area contributed by atoms with Gasteiger partial charge in [0.1, 0.15) is 28.5 Å². The third-order valence-corrected chi connectivity index (χ3v) is 19.9. The summed E-state index contributed by atoms with van der Waals surface area (Å²) in [6, 6.07) is 28.1. The molecular weight excluding hydrogens is 1490 g/mol. The molecule has 1 atom stereocenters. The second-order valence-electron chi connectivity index (χ2n) is 29.5. The Bertz CT molecular complexity index is 3930. The van der Waals surface area contributed by atoms with Crippen LogP contribution in [0.25, 0.3) is 0 Å². The van der Waals surface area contributed by atoms with E-state index in [0.717, 1.165) is 124 Å². The van der Waals surface area contributed by atoms with Gasteiger partial charge in [-0.25, -0.2) is 54.6 Å². The molecule has 612 valence electrons. The Morgan fingerprint density at radius 1 is 0.450 bits per heavy atom. The summed E-state index contributed by atoms with van der Waals surface area (Å²) in [5.41, 5.74) is 4.16. The predicted octanol–water partition coefficient (Wildman–Crippen LogP) is 17.5. The van der Waals surface area contributed by atoms with Crippen LogP contribution >= 0.6 is 36.4 Å². The maximum absolute atomic E-state index is 12.6. The van der Waals surface area contributed by atoms with Crippen molar-refractivity contribution in [1.29, 1.82) is 0 Å². The van der Waals surface area contributed by atoms with E-state index in [0.29, 0.717) is 77.3 Å². The van der Waals surface area contributed by atoms with Crippen molar-refractivity contribution < 1.29 is 90.4 Å². The van der Waals surface area contributed by atoms with Gasteiger partial charge in [-0.05, 0) is 133 Å². The van der Waals surface area contributed by atoms with Crippen LogP contribution in [0.3, 0.4) is 0 Å². The average molecular weight is 1600 g/mol. The molecule has 5 aliphatic heterocycles. The number of hydrogen-bond donors (Lipinski definition) is 2. The maximum atomic E-state index is 12.6. The number of carbonyl (C=O) groups excluding carboxylic acids is 7. The van der Waals surface area contributed by atoms with Gasteiger partial charge in [-0.3, -0.25) is 4.79 Å². The molecule has 0 fully saturated rings. The zero-order chi connectivity index (χ0) is 82.0. The normalized spacial score (nSPS) is 15.2. The fourth-order valence-electron chi connectivity index (χ4n) is 11.7. The highest BCUT2D eigenvalue weighted by atomic mass is 32.2. The van der Waals surface area contributed by atoms with Crippen molar-refractivity contribution in [2.24, 2.45) is 0 Å². The van der Waals surface area contributed by atoms with Crippen LogP contribution < -0.4 is 58.0 Å². The Morgan fingerprint density at radius 3 is 1.15 bits per heavy atom. The number of para-hydroxylation sites is 5. The molecule has 5 heterocycles. The first-order chi connectivity index (χ1) is 52.4. The Kier molecular flexibility index (Phi) is 35.0. The minimum absolute atomic E-state index is 0.125. The number of esters is 1. The van der Waals surface area contributed by atoms with Gasteiger partial charge in [0.2, 0.25) is 0 Å². The zero-order valence-corrected chi connectivity index (χ0v) is 71.0. The van der Waals surface area contributed by atoms with E-state index in [1.165, 1.54) is 65.4 Å². The number of benzene rings is 5. The summed E-state index contributed by atoms with van der Waals surface area (Å²) in [5, 5.41) is 4.81. The Hall–Kier alpha value is -8.84. The molecule has 0 bridgehead atoms. The Balaban J connectivity index is 0.000000220. The molecule has 0 saturated heterocycles. The lowest BCUT2D eigenvalue weighted by molar-refractivity contribution is -0.143. The number of hydrogen-bond acceptors (Lipinski definition) is 24. The van der Waals surface area contributed by atoms with E-state index in [1.807, 2.05) is 148 Å². The number of rotatable bonds is 25. The summed E-state index contributed by atoms with van der Waals surface area (Å²) in [6.07, 6.45) is 7.74. The van der Waals surface area contributed by atoms with Crippen LogP contribution in [0.1, 0.15) is 177 Å². The Morgan fingerprint density at radius 2 is 0.793 bits per heavy atom. The summed E-state index contributed by atoms with van der Waals surface area (Å²) >= 11 is 3.56. The highest BCUT2D eigenvalue weighted by Crippen LogP contribution is 2.46. The molecule has 0 spiro atoms. The van der Waals surface area contributed by atoms with Gasteiger partial charge < -0.3 is 67.5 Å². The molecule has 111 heavy (non-hydrogen) atoms. The van der Waals surface area contributed by atoms with E-state index in [-0.39, 0.29) is 53.0 Å². The summed E-state index contributed by atoms with van der Waals surface area (Å²) in [4.78, 5) is 83.2. The summed E-state index contributed by atoms with van der Waals surface area (Å²) in [7, 11) is 9.50. The van der Waals surface area contributed by atoms with E-state index in [9.17, 15) is 33.6 Å². The third kappa shape index (κ3) is 28.7. The van der Waals surface area contributed by atoms with Crippen LogP contribution in [-0.2, 0) is 46.4 Å². The van der Waals surface area contributed by atoms with E-state index >= 15 is 0 Å². The Labute approximate surface area is 669 Å². The molecule has 6 amide bonds. The lowest BCUT2D eigenvalue weighted by Gasteiger charge is -2.28. The molecule has 0 aromatic heterocycles. The quantitative estimate of drug-likeness (QED) is 0.0312. The fraction of sp³-hybridized carbons (Fsp3) is 0.543. The number of nitrogens with zero attached hydrogens (tertiary/aromatic N) is 6. The molecule has 1 unspecified atom stereocenters. The molecule has 5 aromatic carbocycles. The molecule has 27 nitrogen and oxygen atoms in total. The van der Waals surface area contributed by atoms with Crippen molar-refractivity contribution in [3.63, 3.8) is 0 Å². The van der Waals surface area contributed by atoms with E-state index in [2.05, 4.69) is 28.8 Å². The van der Waals surface area contributed by atoms with Gasteiger partial charge in [-0.15, -0.1) is 0 Å². The van der Waals surface area contributed by atoms with Crippen LogP contribution in [-0.4, -0.2) is 178 Å². The summed E-state index contributed by atoms with van der Waals surface area (Å²) in [5.74, 6) is 5.28. The highest BCUT2D eigenvalue weighted by molar-refractivity contribution is 7.95. The zero-order valence-electron chi connectivity index (χ0n) is 68.5. The summed E-state index contributed by atoms with van der Waals surface area (Å²) in [6.45, 7) is 33.3. The largest absolute Gasteiger partial charge is 0.486 e. The minimum atomic E-state index is -0.607. The summed E-state index contributed by atoms with van der Waals surface area (Å²) < 4.78 is 75.7. The first-order valence-corrected chi connectivity index (χ1v) is 39.9. The first kappa shape index (κ1) is 91.0.